The minimum Gasteiger partial charge on any atom is -0.467 e. The van der Waals surface area contributed by atoms with Gasteiger partial charge in [0.15, 0.2) is 5.65 Å². The van der Waals surface area contributed by atoms with Crippen molar-refractivity contribution >= 4 is 16.9 Å². The predicted octanol–water partition coefficient (Wildman–Crippen LogP) is 2.11. The molecule has 0 radical (unpaired) electrons. The zero-order valence-electron chi connectivity index (χ0n) is 15.5. The largest absolute Gasteiger partial charge is 0.467 e. The van der Waals surface area contributed by atoms with Crippen LogP contribution in [0.5, 0.6) is 0 Å². The number of nitrogens with zero attached hydrogens (tertiary/aromatic N) is 4. The van der Waals surface area contributed by atoms with Crippen molar-refractivity contribution in [3.8, 4) is 5.69 Å². The van der Waals surface area contributed by atoms with E-state index >= 15 is 0 Å². The molecule has 4 aromatic rings. The van der Waals surface area contributed by atoms with Crippen LogP contribution in [-0.2, 0) is 17.9 Å². The van der Waals surface area contributed by atoms with Crippen LogP contribution >= 0.6 is 0 Å². The second-order valence-electron chi connectivity index (χ2n) is 6.62. The van der Waals surface area contributed by atoms with Gasteiger partial charge in [-0.15, -0.1) is 0 Å². The van der Waals surface area contributed by atoms with Crippen LogP contribution < -0.4 is 10.9 Å². The van der Waals surface area contributed by atoms with Crippen molar-refractivity contribution in [1.82, 2.24) is 24.6 Å². The van der Waals surface area contributed by atoms with Crippen LogP contribution in [0.3, 0.4) is 0 Å². The van der Waals surface area contributed by atoms with Crippen LogP contribution in [-0.4, -0.2) is 25.2 Å². The molecule has 1 amide bonds. The van der Waals surface area contributed by atoms with E-state index in [1.54, 1.807) is 16.8 Å². The summed E-state index contributed by atoms with van der Waals surface area (Å²) in [6, 6.07) is 9.50. The molecule has 0 spiro atoms. The van der Waals surface area contributed by atoms with Crippen molar-refractivity contribution in [3.63, 3.8) is 0 Å². The van der Waals surface area contributed by atoms with Gasteiger partial charge in [0.25, 0.3) is 5.56 Å². The molecule has 3 aromatic heterocycles. The molecule has 0 saturated carbocycles. The van der Waals surface area contributed by atoms with Gasteiger partial charge in [-0.25, -0.2) is 9.67 Å². The van der Waals surface area contributed by atoms with E-state index in [1.807, 2.05) is 32.0 Å². The minimum absolute atomic E-state index is 0.128. The molecular formula is C20H19N5O3. The molecule has 3 heterocycles. The van der Waals surface area contributed by atoms with Gasteiger partial charge in [0.2, 0.25) is 5.91 Å². The van der Waals surface area contributed by atoms with Crippen LogP contribution in [0.2, 0.25) is 0 Å². The van der Waals surface area contributed by atoms with Crippen molar-refractivity contribution in [2.45, 2.75) is 26.9 Å². The van der Waals surface area contributed by atoms with E-state index in [1.165, 1.54) is 23.4 Å². The summed E-state index contributed by atoms with van der Waals surface area (Å²) >= 11 is 0. The number of aryl methyl sites for hydroxylation is 2. The van der Waals surface area contributed by atoms with Crippen molar-refractivity contribution < 1.29 is 9.21 Å². The number of carbonyl (C=O) groups is 1. The van der Waals surface area contributed by atoms with Gasteiger partial charge in [0, 0.05) is 0 Å². The maximum Gasteiger partial charge on any atom is 0.264 e. The van der Waals surface area contributed by atoms with E-state index in [2.05, 4.69) is 15.4 Å². The van der Waals surface area contributed by atoms with Gasteiger partial charge in [0.05, 0.1) is 24.7 Å². The number of rotatable bonds is 5. The van der Waals surface area contributed by atoms with Gasteiger partial charge in [-0.05, 0) is 37.6 Å². The maximum absolute atomic E-state index is 12.8. The number of aromatic nitrogens is 4. The summed E-state index contributed by atoms with van der Waals surface area (Å²) in [6.07, 6.45) is 4.40. The Bertz CT molecular complexity index is 1200. The van der Waals surface area contributed by atoms with E-state index in [0.29, 0.717) is 16.8 Å². The van der Waals surface area contributed by atoms with Crippen molar-refractivity contribution in [3.05, 3.63) is 76.4 Å². The summed E-state index contributed by atoms with van der Waals surface area (Å²) in [5.41, 5.74) is 3.20. The molecule has 0 aliphatic carbocycles. The van der Waals surface area contributed by atoms with E-state index in [-0.39, 0.29) is 24.6 Å². The molecule has 1 N–H and O–H groups in total. The molecule has 0 fully saturated rings. The normalized spacial score (nSPS) is 11.1. The summed E-state index contributed by atoms with van der Waals surface area (Å²) in [7, 11) is 0. The van der Waals surface area contributed by atoms with Crippen molar-refractivity contribution in [2.75, 3.05) is 0 Å². The Morgan fingerprint density at radius 1 is 1.25 bits per heavy atom. The topological polar surface area (TPSA) is 95.0 Å². The van der Waals surface area contributed by atoms with E-state index in [0.717, 1.165) is 16.8 Å². The Kier molecular flexibility index (Phi) is 4.52. The standard InChI is InChI=1S/C20H19N5O3/c1-13-5-6-17(14(2)8-13)25-19-16(10-23-25)20(27)24(12-22-19)11-18(26)21-9-15-4-3-7-28-15/h3-8,10,12H,9,11H2,1-2H3,(H,21,26). The first-order chi connectivity index (χ1) is 13.5. The molecule has 0 aliphatic heterocycles. The number of hydrogen-bond acceptors (Lipinski definition) is 5. The molecule has 0 aliphatic rings. The van der Waals surface area contributed by atoms with E-state index in [4.69, 9.17) is 4.42 Å². The van der Waals surface area contributed by atoms with Gasteiger partial charge in [-0.3, -0.25) is 14.2 Å². The smallest absolute Gasteiger partial charge is 0.264 e. The number of furan rings is 1. The first kappa shape index (κ1) is 17.7. The van der Waals surface area contributed by atoms with Gasteiger partial charge in [0.1, 0.15) is 24.0 Å². The lowest BCUT2D eigenvalue weighted by atomic mass is 10.1. The molecule has 142 valence electrons. The highest BCUT2D eigenvalue weighted by molar-refractivity contribution is 5.78. The SMILES string of the molecule is Cc1ccc(-n2ncc3c(=O)n(CC(=O)NCc4ccco4)cnc32)c(C)c1. The lowest BCUT2D eigenvalue weighted by molar-refractivity contribution is -0.122. The number of hydrogen-bond donors (Lipinski definition) is 1. The predicted molar refractivity (Wildman–Crippen MR) is 103 cm³/mol. The summed E-state index contributed by atoms with van der Waals surface area (Å²) in [6.45, 7) is 4.14. The van der Waals surface area contributed by atoms with Crippen LogP contribution in [0.25, 0.3) is 16.7 Å². The lowest BCUT2D eigenvalue weighted by Crippen LogP contribution is -2.32. The fourth-order valence-electron chi connectivity index (χ4n) is 3.09. The Morgan fingerprint density at radius 3 is 2.86 bits per heavy atom. The monoisotopic (exact) mass is 377 g/mol. The molecule has 28 heavy (non-hydrogen) atoms. The first-order valence-electron chi connectivity index (χ1n) is 8.83. The molecule has 0 atom stereocenters. The van der Waals surface area contributed by atoms with E-state index in [9.17, 15) is 9.59 Å². The Labute approximate surface area is 160 Å². The molecule has 8 heteroatoms. The van der Waals surface area contributed by atoms with Crippen molar-refractivity contribution in [2.24, 2.45) is 0 Å². The summed E-state index contributed by atoms with van der Waals surface area (Å²) < 4.78 is 8.09. The molecule has 0 saturated heterocycles. The maximum atomic E-state index is 12.8. The number of benzene rings is 1. The van der Waals surface area contributed by atoms with Crippen LogP contribution in [0.4, 0.5) is 0 Å². The van der Waals surface area contributed by atoms with Crippen LogP contribution in [0.1, 0.15) is 16.9 Å². The highest BCUT2D eigenvalue weighted by Crippen LogP contribution is 2.18. The number of nitrogens with one attached hydrogen (secondary N) is 1. The Balaban J connectivity index is 1.59. The number of fused-ring (bicyclic) bond motifs is 1. The average molecular weight is 377 g/mol. The highest BCUT2D eigenvalue weighted by Gasteiger charge is 2.14. The number of amides is 1. The van der Waals surface area contributed by atoms with Gasteiger partial charge >= 0.3 is 0 Å². The second-order valence-corrected chi connectivity index (χ2v) is 6.62. The van der Waals surface area contributed by atoms with Gasteiger partial charge in [-0.1, -0.05) is 17.7 Å². The van der Waals surface area contributed by atoms with Gasteiger partial charge < -0.3 is 9.73 Å². The molecule has 0 bridgehead atoms. The summed E-state index contributed by atoms with van der Waals surface area (Å²) in [5, 5.41) is 7.41. The quantitative estimate of drug-likeness (QED) is 0.575. The third-order valence-electron chi connectivity index (χ3n) is 4.49. The van der Waals surface area contributed by atoms with E-state index < -0.39 is 0 Å². The molecule has 0 unspecified atom stereocenters. The van der Waals surface area contributed by atoms with Crippen molar-refractivity contribution in [1.29, 1.82) is 0 Å². The average Bonchev–Trinajstić information content (AvgIpc) is 3.32. The highest BCUT2D eigenvalue weighted by atomic mass is 16.3. The fourth-order valence-corrected chi connectivity index (χ4v) is 3.09. The summed E-state index contributed by atoms with van der Waals surface area (Å²) in [5.74, 6) is 0.338. The molecule has 4 rings (SSSR count). The van der Waals surface area contributed by atoms with Gasteiger partial charge in [-0.2, -0.15) is 5.10 Å². The fraction of sp³-hybridized carbons (Fsp3) is 0.200. The number of carbonyl (C=O) groups excluding carboxylic acids is 1. The molecular weight excluding hydrogens is 358 g/mol. The van der Waals surface area contributed by atoms with Crippen LogP contribution in [0, 0.1) is 13.8 Å². The third kappa shape index (κ3) is 3.32. The third-order valence-corrected chi connectivity index (χ3v) is 4.49. The zero-order chi connectivity index (χ0) is 19.7. The second kappa shape index (κ2) is 7.15. The molecule has 8 nitrogen and oxygen atoms in total. The minimum atomic E-state index is -0.311. The summed E-state index contributed by atoms with van der Waals surface area (Å²) in [4.78, 5) is 29.3. The Morgan fingerprint density at radius 2 is 2.11 bits per heavy atom. The first-order valence-corrected chi connectivity index (χ1v) is 8.83. The molecule has 1 aromatic carbocycles. The van der Waals surface area contributed by atoms with Crippen LogP contribution in [0.15, 0.2) is 58.3 Å². The lowest BCUT2D eigenvalue weighted by Gasteiger charge is -2.09. The Hall–Kier alpha value is -3.68. The zero-order valence-corrected chi connectivity index (χ0v) is 15.5.